The molecule has 1 rings (SSSR count). The van der Waals surface area contributed by atoms with E-state index in [9.17, 15) is 0 Å². The average Bonchev–Trinajstić information content (AvgIpc) is 2.22. The lowest BCUT2D eigenvalue weighted by molar-refractivity contribution is 0.259. The summed E-state index contributed by atoms with van der Waals surface area (Å²) in [5, 5.41) is 0.806. The first kappa shape index (κ1) is 13.3. The molecule has 0 saturated heterocycles. The van der Waals surface area contributed by atoms with Crippen molar-refractivity contribution in [3.8, 4) is 5.75 Å². The highest BCUT2D eigenvalue weighted by atomic mass is 35.5. The van der Waals surface area contributed by atoms with Crippen LogP contribution < -0.4 is 10.5 Å². The molecule has 1 aromatic carbocycles. The van der Waals surface area contributed by atoms with Crippen LogP contribution in [-0.4, -0.2) is 12.6 Å². The fourth-order valence-corrected chi connectivity index (χ4v) is 1.48. The number of aryl methyl sites for hydroxylation is 2. The largest absolute Gasteiger partial charge is 0.492 e. The number of hydrogen-bond donors (Lipinski definition) is 1. The van der Waals surface area contributed by atoms with E-state index in [2.05, 4.69) is 13.8 Å². The summed E-state index contributed by atoms with van der Waals surface area (Å²) in [6, 6.07) is 3.96. The third kappa shape index (κ3) is 3.39. The van der Waals surface area contributed by atoms with Gasteiger partial charge in [0, 0.05) is 11.1 Å². The maximum Gasteiger partial charge on any atom is 0.120 e. The highest BCUT2D eigenvalue weighted by molar-refractivity contribution is 6.32. The van der Waals surface area contributed by atoms with Crippen LogP contribution in [0.1, 0.15) is 25.0 Å². The van der Waals surface area contributed by atoms with E-state index in [1.807, 2.05) is 26.0 Å². The van der Waals surface area contributed by atoms with Crippen molar-refractivity contribution in [2.75, 3.05) is 6.61 Å². The van der Waals surface area contributed by atoms with Gasteiger partial charge in [-0.15, -0.1) is 0 Å². The van der Waals surface area contributed by atoms with Gasteiger partial charge in [-0.2, -0.15) is 0 Å². The summed E-state index contributed by atoms with van der Waals surface area (Å²) in [5.41, 5.74) is 7.99. The minimum Gasteiger partial charge on any atom is -0.492 e. The molecule has 0 saturated carbocycles. The summed E-state index contributed by atoms with van der Waals surface area (Å²) in [5.74, 6) is 1.27. The van der Waals surface area contributed by atoms with E-state index < -0.39 is 0 Å². The zero-order valence-electron chi connectivity index (χ0n) is 10.4. The zero-order valence-corrected chi connectivity index (χ0v) is 11.1. The van der Waals surface area contributed by atoms with Crippen molar-refractivity contribution in [1.29, 1.82) is 0 Å². The number of rotatable bonds is 4. The van der Waals surface area contributed by atoms with E-state index in [0.29, 0.717) is 12.5 Å². The summed E-state index contributed by atoms with van der Waals surface area (Å²) in [7, 11) is 0. The molecular weight excluding hydrogens is 222 g/mol. The molecule has 0 radical (unpaired) electrons. The van der Waals surface area contributed by atoms with E-state index in [4.69, 9.17) is 22.1 Å². The average molecular weight is 242 g/mol. The molecule has 0 fully saturated rings. The maximum absolute atomic E-state index is 6.08. The smallest absolute Gasteiger partial charge is 0.120 e. The van der Waals surface area contributed by atoms with Crippen molar-refractivity contribution in [3.63, 3.8) is 0 Å². The molecule has 0 bridgehead atoms. The Balaban J connectivity index is 2.68. The van der Waals surface area contributed by atoms with E-state index >= 15 is 0 Å². The molecule has 0 aromatic heterocycles. The van der Waals surface area contributed by atoms with Gasteiger partial charge in [0.1, 0.15) is 12.4 Å². The Labute approximate surface area is 103 Å². The molecule has 0 amide bonds. The normalized spacial score (nSPS) is 12.9. The Morgan fingerprint density at radius 2 is 1.75 bits per heavy atom. The van der Waals surface area contributed by atoms with Gasteiger partial charge in [0.05, 0.1) is 0 Å². The second-order valence-electron chi connectivity index (χ2n) is 4.59. The Kier molecular flexibility index (Phi) is 4.63. The van der Waals surface area contributed by atoms with Crippen LogP contribution >= 0.6 is 11.6 Å². The van der Waals surface area contributed by atoms with Crippen LogP contribution in [-0.2, 0) is 0 Å². The number of hydrogen-bond acceptors (Lipinski definition) is 2. The molecule has 2 N–H and O–H groups in total. The van der Waals surface area contributed by atoms with Crippen molar-refractivity contribution >= 4 is 11.6 Å². The third-order valence-electron chi connectivity index (χ3n) is 2.71. The summed E-state index contributed by atoms with van der Waals surface area (Å²) in [4.78, 5) is 0. The van der Waals surface area contributed by atoms with Gasteiger partial charge in [-0.3, -0.25) is 0 Å². The predicted octanol–water partition coefficient (Wildman–Crippen LogP) is 3.32. The van der Waals surface area contributed by atoms with E-state index in [1.54, 1.807) is 0 Å². The van der Waals surface area contributed by atoms with Gasteiger partial charge in [0.15, 0.2) is 0 Å². The molecule has 1 aromatic rings. The van der Waals surface area contributed by atoms with Gasteiger partial charge in [-0.05, 0) is 43.0 Å². The van der Waals surface area contributed by atoms with Gasteiger partial charge < -0.3 is 10.5 Å². The van der Waals surface area contributed by atoms with Gasteiger partial charge in [0.25, 0.3) is 0 Å². The zero-order chi connectivity index (χ0) is 12.3. The van der Waals surface area contributed by atoms with Crippen molar-refractivity contribution < 1.29 is 4.74 Å². The fraction of sp³-hybridized carbons (Fsp3) is 0.538. The van der Waals surface area contributed by atoms with E-state index in [-0.39, 0.29) is 6.04 Å². The van der Waals surface area contributed by atoms with E-state index in [1.165, 1.54) is 0 Å². The molecule has 3 heteroatoms. The molecule has 0 aliphatic rings. The van der Waals surface area contributed by atoms with Gasteiger partial charge in [-0.1, -0.05) is 25.4 Å². The lowest BCUT2D eigenvalue weighted by Gasteiger charge is -2.17. The SMILES string of the molecule is Cc1cc(OC[C@H](N)C(C)C)cc(C)c1Cl. The molecule has 0 aliphatic carbocycles. The molecule has 0 heterocycles. The van der Waals surface area contributed by atoms with Crippen LogP contribution in [0, 0.1) is 19.8 Å². The van der Waals surface area contributed by atoms with Gasteiger partial charge in [0.2, 0.25) is 0 Å². The monoisotopic (exact) mass is 241 g/mol. The van der Waals surface area contributed by atoms with Gasteiger partial charge in [-0.25, -0.2) is 0 Å². The maximum atomic E-state index is 6.08. The van der Waals surface area contributed by atoms with Crippen LogP contribution in [0.5, 0.6) is 5.75 Å². The lowest BCUT2D eigenvalue weighted by atomic mass is 10.1. The van der Waals surface area contributed by atoms with Crippen molar-refractivity contribution in [2.45, 2.75) is 33.7 Å². The first-order chi connectivity index (χ1) is 7.41. The molecular formula is C13H20ClNO. The van der Waals surface area contributed by atoms with Crippen molar-refractivity contribution in [3.05, 3.63) is 28.3 Å². The number of halogens is 1. The summed E-state index contributed by atoms with van der Waals surface area (Å²) in [6.45, 7) is 8.67. The molecule has 0 unspecified atom stereocenters. The minimum atomic E-state index is 0.0660. The van der Waals surface area contributed by atoms with E-state index in [0.717, 1.165) is 21.9 Å². The Bertz CT molecular complexity index is 340. The first-order valence-corrected chi connectivity index (χ1v) is 5.94. The highest BCUT2D eigenvalue weighted by Crippen LogP contribution is 2.25. The summed E-state index contributed by atoms with van der Waals surface area (Å²) < 4.78 is 5.66. The number of nitrogens with two attached hydrogens (primary N) is 1. The van der Waals surface area contributed by atoms with Crippen molar-refractivity contribution in [1.82, 2.24) is 0 Å². The van der Waals surface area contributed by atoms with Crippen LogP contribution in [0.3, 0.4) is 0 Å². The molecule has 0 spiro atoms. The second-order valence-corrected chi connectivity index (χ2v) is 4.97. The standard InChI is InChI=1S/C13H20ClNO/c1-8(2)12(15)7-16-11-5-9(3)13(14)10(4)6-11/h5-6,8,12H,7,15H2,1-4H3/t12-/m0/s1. The number of ether oxygens (including phenoxy) is 1. The minimum absolute atomic E-state index is 0.0660. The predicted molar refractivity (Wildman–Crippen MR) is 69.2 cm³/mol. The molecule has 1 atom stereocenters. The fourth-order valence-electron chi connectivity index (χ4n) is 1.37. The molecule has 2 nitrogen and oxygen atoms in total. The Morgan fingerprint density at radius 1 is 1.25 bits per heavy atom. The number of benzene rings is 1. The van der Waals surface area contributed by atoms with Crippen LogP contribution in [0.4, 0.5) is 0 Å². The van der Waals surface area contributed by atoms with Crippen molar-refractivity contribution in [2.24, 2.45) is 11.7 Å². The topological polar surface area (TPSA) is 35.2 Å². The molecule has 0 aliphatic heterocycles. The van der Waals surface area contributed by atoms with Crippen LogP contribution in [0.2, 0.25) is 5.02 Å². The Hall–Kier alpha value is -0.730. The highest BCUT2D eigenvalue weighted by Gasteiger charge is 2.09. The van der Waals surface area contributed by atoms with Gasteiger partial charge >= 0.3 is 0 Å². The van der Waals surface area contributed by atoms with Crippen LogP contribution in [0.25, 0.3) is 0 Å². The summed E-state index contributed by atoms with van der Waals surface area (Å²) >= 11 is 6.08. The first-order valence-electron chi connectivity index (χ1n) is 5.57. The molecule has 16 heavy (non-hydrogen) atoms. The molecule has 90 valence electrons. The quantitative estimate of drug-likeness (QED) is 0.878. The second kappa shape index (κ2) is 5.55. The third-order valence-corrected chi connectivity index (χ3v) is 3.30. The Morgan fingerprint density at radius 3 is 2.19 bits per heavy atom. The lowest BCUT2D eigenvalue weighted by Crippen LogP contribution is -2.33. The van der Waals surface area contributed by atoms with Crippen LogP contribution in [0.15, 0.2) is 12.1 Å². The summed E-state index contributed by atoms with van der Waals surface area (Å²) in [6.07, 6.45) is 0.